The molecule has 1 unspecified atom stereocenters. The summed E-state index contributed by atoms with van der Waals surface area (Å²) in [5.41, 5.74) is 7.15. The van der Waals surface area contributed by atoms with Gasteiger partial charge in [0.15, 0.2) is 5.75 Å². The van der Waals surface area contributed by atoms with E-state index in [1.807, 2.05) is 0 Å². The lowest BCUT2D eigenvalue weighted by atomic mass is 10.0. The lowest BCUT2D eigenvalue weighted by Crippen LogP contribution is -2.18. The van der Waals surface area contributed by atoms with E-state index in [4.69, 9.17) is 10.5 Å². The van der Waals surface area contributed by atoms with Gasteiger partial charge < -0.3 is 10.5 Å². The predicted molar refractivity (Wildman–Crippen MR) is 69.9 cm³/mol. The number of aryl methyl sites for hydroxylation is 1. The average molecular weight is 314 g/mol. The molecule has 0 saturated carbocycles. The molecule has 0 aliphatic carbocycles. The molecule has 1 atom stereocenters. The van der Waals surface area contributed by atoms with Crippen molar-refractivity contribution in [1.29, 1.82) is 0 Å². The van der Waals surface area contributed by atoms with E-state index in [9.17, 15) is 4.39 Å². The minimum atomic E-state index is -0.650. The summed E-state index contributed by atoms with van der Waals surface area (Å²) in [6, 6.07) is 4.10. The topological polar surface area (TPSA) is 53.1 Å². The van der Waals surface area contributed by atoms with Gasteiger partial charge in [-0.2, -0.15) is 5.10 Å². The van der Waals surface area contributed by atoms with Crippen molar-refractivity contribution in [2.75, 3.05) is 7.11 Å². The molecule has 1 aromatic heterocycles. The summed E-state index contributed by atoms with van der Waals surface area (Å²) in [7, 11) is 3.27. The zero-order valence-electron chi connectivity index (χ0n) is 10.0. The standard InChI is InChI=1S/C12H13BrFN3O/c1-17-12(9(18-2)6-16-17)11(15)10-7(13)4-3-5-8(10)14/h3-6,11H,15H2,1-2H3. The number of nitrogens with zero attached hydrogens (tertiary/aromatic N) is 2. The molecule has 0 amide bonds. The zero-order valence-corrected chi connectivity index (χ0v) is 11.6. The number of hydrogen-bond donors (Lipinski definition) is 1. The summed E-state index contributed by atoms with van der Waals surface area (Å²) in [6.45, 7) is 0. The molecule has 1 aromatic carbocycles. The maximum atomic E-state index is 13.9. The third-order valence-electron chi connectivity index (χ3n) is 2.77. The molecular weight excluding hydrogens is 301 g/mol. The number of nitrogens with two attached hydrogens (primary N) is 1. The Morgan fingerprint density at radius 2 is 2.22 bits per heavy atom. The number of rotatable bonds is 3. The van der Waals surface area contributed by atoms with Crippen LogP contribution in [0.5, 0.6) is 5.75 Å². The van der Waals surface area contributed by atoms with Gasteiger partial charge in [0.05, 0.1) is 19.3 Å². The molecular formula is C12H13BrFN3O. The Morgan fingerprint density at radius 3 is 2.83 bits per heavy atom. The Bertz CT molecular complexity index is 550. The second-order valence-electron chi connectivity index (χ2n) is 3.83. The van der Waals surface area contributed by atoms with Gasteiger partial charge in [0, 0.05) is 17.1 Å². The number of aromatic nitrogens is 2. The van der Waals surface area contributed by atoms with Gasteiger partial charge in [-0.1, -0.05) is 22.0 Å². The summed E-state index contributed by atoms with van der Waals surface area (Å²) in [4.78, 5) is 0. The Balaban J connectivity index is 2.54. The third kappa shape index (κ3) is 2.13. The zero-order chi connectivity index (χ0) is 13.3. The number of ether oxygens (including phenoxy) is 1. The number of benzene rings is 1. The summed E-state index contributed by atoms with van der Waals surface area (Å²) < 4.78 is 21.3. The van der Waals surface area contributed by atoms with Crippen molar-refractivity contribution < 1.29 is 9.13 Å². The van der Waals surface area contributed by atoms with E-state index in [-0.39, 0.29) is 5.82 Å². The van der Waals surface area contributed by atoms with Gasteiger partial charge in [0.2, 0.25) is 0 Å². The van der Waals surface area contributed by atoms with E-state index in [2.05, 4.69) is 21.0 Å². The van der Waals surface area contributed by atoms with E-state index in [0.29, 0.717) is 21.5 Å². The van der Waals surface area contributed by atoms with Crippen molar-refractivity contribution >= 4 is 15.9 Å². The highest BCUT2D eigenvalue weighted by Crippen LogP contribution is 2.33. The summed E-state index contributed by atoms with van der Waals surface area (Å²) >= 11 is 3.31. The second kappa shape index (κ2) is 5.07. The molecule has 1 heterocycles. The SMILES string of the molecule is COc1cnn(C)c1C(N)c1c(F)cccc1Br. The molecule has 2 aromatic rings. The van der Waals surface area contributed by atoms with Crippen LogP contribution in [0.3, 0.4) is 0 Å². The number of methoxy groups -OCH3 is 1. The first-order chi connectivity index (χ1) is 8.56. The molecule has 2 rings (SSSR count). The molecule has 0 radical (unpaired) electrons. The molecule has 96 valence electrons. The number of halogens is 2. The van der Waals surface area contributed by atoms with E-state index >= 15 is 0 Å². The van der Waals surface area contributed by atoms with Crippen LogP contribution in [0.4, 0.5) is 4.39 Å². The van der Waals surface area contributed by atoms with Crippen molar-refractivity contribution in [1.82, 2.24) is 9.78 Å². The van der Waals surface area contributed by atoms with Crippen molar-refractivity contribution in [2.24, 2.45) is 12.8 Å². The summed E-state index contributed by atoms with van der Waals surface area (Å²) in [5.74, 6) is 0.181. The molecule has 0 aliphatic heterocycles. The molecule has 18 heavy (non-hydrogen) atoms. The van der Waals surface area contributed by atoms with Gasteiger partial charge in [-0.15, -0.1) is 0 Å². The maximum absolute atomic E-state index is 13.9. The van der Waals surface area contributed by atoms with Crippen molar-refractivity contribution in [3.05, 3.63) is 45.9 Å². The Kier molecular flexibility index (Phi) is 3.68. The van der Waals surface area contributed by atoms with Gasteiger partial charge >= 0.3 is 0 Å². The molecule has 2 N–H and O–H groups in total. The summed E-state index contributed by atoms with van der Waals surface area (Å²) in [5, 5.41) is 4.07. The van der Waals surface area contributed by atoms with Crippen LogP contribution in [-0.4, -0.2) is 16.9 Å². The molecule has 0 saturated heterocycles. The van der Waals surface area contributed by atoms with Crippen molar-refractivity contribution in [2.45, 2.75) is 6.04 Å². The van der Waals surface area contributed by atoms with Crippen LogP contribution in [0, 0.1) is 5.82 Å². The van der Waals surface area contributed by atoms with Crippen LogP contribution < -0.4 is 10.5 Å². The van der Waals surface area contributed by atoms with Crippen LogP contribution >= 0.6 is 15.9 Å². The smallest absolute Gasteiger partial charge is 0.161 e. The average Bonchev–Trinajstić information content (AvgIpc) is 2.70. The number of hydrogen-bond acceptors (Lipinski definition) is 3. The largest absolute Gasteiger partial charge is 0.493 e. The van der Waals surface area contributed by atoms with E-state index in [1.54, 1.807) is 30.1 Å². The summed E-state index contributed by atoms with van der Waals surface area (Å²) in [6.07, 6.45) is 1.56. The highest BCUT2D eigenvalue weighted by Gasteiger charge is 2.23. The molecule has 0 fully saturated rings. The van der Waals surface area contributed by atoms with Gasteiger partial charge in [-0.25, -0.2) is 4.39 Å². The van der Waals surface area contributed by atoms with Crippen LogP contribution in [0.15, 0.2) is 28.9 Å². The fraction of sp³-hybridized carbons (Fsp3) is 0.250. The normalized spacial score (nSPS) is 12.5. The Labute approximate surface area is 113 Å². The third-order valence-corrected chi connectivity index (χ3v) is 3.47. The minimum Gasteiger partial charge on any atom is -0.493 e. The van der Waals surface area contributed by atoms with Crippen LogP contribution in [0.1, 0.15) is 17.3 Å². The monoisotopic (exact) mass is 313 g/mol. The van der Waals surface area contributed by atoms with E-state index in [1.165, 1.54) is 13.2 Å². The van der Waals surface area contributed by atoms with Gasteiger partial charge in [-0.3, -0.25) is 4.68 Å². The van der Waals surface area contributed by atoms with Crippen LogP contribution in [0.25, 0.3) is 0 Å². The highest BCUT2D eigenvalue weighted by molar-refractivity contribution is 9.10. The molecule has 4 nitrogen and oxygen atoms in total. The first-order valence-corrected chi connectivity index (χ1v) is 6.11. The van der Waals surface area contributed by atoms with Gasteiger partial charge in [-0.05, 0) is 12.1 Å². The first kappa shape index (κ1) is 13.0. The Hall–Kier alpha value is -1.40. The van der Waals surface area contributed by atoms with Crippen molar-refractivity contribution in [3.8, 4) is 5.75 Å². The van der Waals surface area contributed by atoms with E-state index < -0.39 is 6.04 Å². The lowest BCUT2D eigenvalue weighted by molar-refractivity contribution is 0.405. The Morgan fingerprint density at radius 1 is 1.50 bits per heavy atom. The minimum absolute atomic E-state index is 0.361. The van der Waals surface area contributed by atoms with E-state index in [0.717, 1.165) is 0 Å². The van der Waals surface area contributed by atoms with Gasteiger partial charge in [0.25, 0.3) is 0 Å². The van der Waals surface area contributed by atoms with Crippen LogP contribution in [0.2, 0.25) is 0 Å². The fourth-order valence-electron chi connectivity index (χ4n) is 1.88. The molecule has 0 bridgehead atoms. The lowest BCUT2D eigenvalue weighted by Gasteiger charge is -2.16. The quantitative estimate of drug-likeness (QED) is 0.946. The first-order valence-electron chi connectivity index (χ1n) is 5.31. The highest BCUT2D eigenvalue weighted by atomic mass is 79.9. The van der Waals surface area contributed by atoms with Crippen LogP contribution in [-0.2, 0) is 7.05 Å². The predicted octanol–water partition coefficient (Wildman–Crippen LogP) is 2.38. The molecule has 6 heteroatoms. The second-order valence-corrected chi connectivity index (χ2v) is 4.69. The molecule has 0 spiro atoms. The fourth-order valence-corrected chi connectivity index (χ4v) is 2.47. The molecule has 0 aliphatic rings. The maximum Gasteiger partial charge on any atom is 0.161 e. The van der Waals surface area contributed by atoms with Gasteiger partial charge in [0.1, 0.15) is 11.5 Å². The van der Waals surface area contributed by atoms with Crippen molar-refractivity contribution in [3.63, 3.8) is 0 Å².